The summed E-state index contributed by atoms with van der Waals surface area (Å²) in [7, 11) is 1.61. The minimum absolute atomic E-state index is 0.124. The first-order chi connectivity index (χ1) is 8.02. The predicted molar refractivity (Wildman–Crippen MR) is 71.2 cm³/mol. The van der Waals surface area contributed by atoms with Gasteiger partial charge in [-0.25, -0.2) is 4.79 Å². The number of benzene rings is 1. The maximum atomic E-state index is 11.4. The van der Waals surface area contributed by atoms with E-state index in [1.807, 2.05) is 32.0 Å². The summed E-state index contributed by atoms with van der Waals surface area (Å²) >= 11 is 3.39. The fourth-order valence-corrected chi connectivity index (χ4v) is 1.78. The second-order valence-electron chi connectivity index (χ2n) is 3.94. The molecule has 5 heteroatoms. The lowest BCUT2D eigenvalue weighted by molar-refractivity contribution is 0.238. The Morgan fingerprint density at radius 2 is 2.18 bits per heavy atom. The van der Waals surface area contributed by atoms with Gasteiger partial charge >= 0.3 is 6.03 Å². The van der Waals surface area contributed by atoms with E-state index in [0.717, 1.165) is 15.8 Å². The fourth-order valence-electron chi connectivity index (χ4n) is 1.37. The number of amides is 2. The highest BCUT2D eigenvalue weighted by atomic mass is 79.9. The number of carbonyl (C=O) groups excluding carboxylic acids is 1. The van der Waals surface area contributed by atoms with Gasteiger partial charge in [0.1, 0.15) is 5.75 Å². The highest BCUT2D eigenvalue weighted by Crippen LogP contribution is 2.22. The van der Waals surface area contributed by atoms with Crippen LogP contribution in [0.15, 0.2) is 22.7 Å². The molecule has 94 valence electrons. The van der Waals surface area contributed by atoms with Crippen molar-refractivity contribution in [2.24, 2.45) is 0 Å². The lowest BCUT2D eigenvalue weighted by atomic mass is 10.2. The molecule has 0 aliphatic rings. The van der Waals surface area contributed by atoms with E-state index < -0.39 is 0 Å². The third-order valence-corrected chi connectivity index (χ3v) is 2.59. The van der Waals surface area contributed by atoms with Crippen LogP contribution in [0.3, 0.4) is 0 Å². The Morgan fingerprint density at radius 1 is 1.47 bits per heavy atom. The fraction of sp³-hybridized carbons (Fsp3) is 0.417. The van der Waals surface area contributed by atoms with E-state index in [1.54, 1.807) is 7.11 Å². The number of carbonyl (C=O) groups is 1. The van der Waals surface area contributed by atoms with Gasteiger partial charge in [-0.15, -0.1) is 0 Å². The van der Waals surface area contributed by atoms with Crippen molar-refractivity contribution in [2.45, 2.75) is 26.4 Å². The van der Waals surface area contributed by atoms with Gasteiger partial charge in [0, 0.05) is 22.6 Å². The summed E-state index contributed by atoms with van der Waals surface area (Å²) in [5.41, 5.74) is 0.931. The number of hydrogen-bond donors (Lipinski definition) is 2. The zero-order valence-corrected chi connectivity index (χ0v) is 11.8. The summed E-state index contributed by atoms with van der Waals surface area (Å²) in [5, 5.41) is 5.54. The van der Waals surface area contributed by atoms with E-state index in [0.29, 0.717) is 6.54 Å². The van der Waals surface area contributed by atoms with Crippen molar-refractivity contribution in [1.82, 2.24) is 10.6 Å². The van der Waals surface area contributed by atoms with Gasteiger partial charge in [-0.05, 0) is 32.0 Å². The van der Waals surface area contributed by atoms with Gasteiger partial charge < -0.3 is 15.4 Å². The van der Waals surface area contributed by atoms with Gasteiger partial charge in [0.25, 0.3) is 0 Å². The highest BCUT2D eigenvalue weighted by Gasteiger charge is 2.06. The topological polar surface area (TPSA) is 50.4 Å². The Labute approximate surface area is 110 Å². The van der Waals surface area contributed by atoms with E-state index in [-0.39, 0.29) is 12.1 Å². The average Bonchev–Trinajstić information content (AvgIpc) is 2.25. The Kier molecular flexibility index (Phi) is 5.28. The zero-order valence-electron chi connectivity index (χ0n) is 10.2. The minimum atomic E-state index is -0.179. The molecule has 0 saturated heterocycles. The molecular formula is C12H17BrN2O2. The maximum Gasteiger partial charge on any atom is 0.315 e. The molecule has 0 fully saturated rings. The minimum Gasteiger partial charge on any atom is -0.496 e. The van der Waals surface area contributed by atoms with Crippen molar-refractivity contribution in [1.29, 1.82) is 0 Å². The van der Waals surface area contributed by atoms with Gasteiger partial charge in [0.05, 0.1) is 7.11 Å². The van der Waals surface area contributed by atoms with E-state index >= 15 is 0 Å². The lowest BCUT2D eigenvalue weighted by Crippen LogP contribution is -2.39. The van der Waals surface area contributed by atoms with Crippen LogP contribution in [0.1, 0.15) is 19.4 Å². The number of rotatable bonds is 4. The number of urea groups is 1. The van der Waals surface area contributed by atoms with E-state index in [9.17, 15) is 4.79 Å². The van der Waals surface area contributed by atoms with Crippen molar-refractivity contribution in [3.63, 3.8) is 0 Å². The van der Waals surface area contributed by atoms with Crippen LogP contribution in [0.4, 0.5) is 4.79 Å². The molecule has 0 atom stereocenters. The third kappa shape index (κ3) is 4.65. The quantitative estimate of drug-likeness (QED) is 0.898. The molecular weight excluding hydrogens is 284 g/mol. The summed E-state index contributed by atoms with van der Waals surface area (Å²) in [5.74, 6) is 0.762. The molecule has 17 heavy (non-hydrogen) atoms. The Hall–Kier alpha value is -1.23. The number of hydrogen-bond acceptors (Lipinski definition) is 2. The molecule has 0 aromatic heterocycles. The van der Waals surface area contributed by atoms with Crippen LogP contribution in [-0.4, -0.2) is 19.2 Å². The van der Waals surface area contributed by atoms with Crippen molar-refractivity contribution < 1.29 is 9.53 Å². The van der Waals surface area contributed by atoms with Crippen LogP contribution in [-0.2, 0) is 6.54 Å². The van der Waals surface area contributed by atoms with Crippen LogP contribution < -0.4 is 15.4 Å². The molecule has 0 bridgehead atoms. The van der Waals surface area contributed by atoms with Gasteiger partial charge in [0.2, 0.25) is 0 Å². The summed E-state index contributed by atoms with van der Waals surface area (Å²) in [6, 6.07) is 5.63. The van der Waals surface area contributed by atoms with Crippen LogP contribution in [0.2, 0.25) is 0 Å². The second kappa shape index (κ2) is 6.49. The number of methoxy groups -OCH3 is 1. The number of nitrogens with one attached hydrogen (secondary N) is 2. The normalized spacial score (nSPS) is 10.2. The molecule has 0 unspecified atom stereocenters. The second-order valence-corrected chi connectivity index (χ2v) is 4.85. The van der Waals surface area contributed by atoms with Gasteiger partial charge in [-0.3, -0.25) is 0 Å². The van der Waals surface area contributed by atoms with Crippen LogP contribution >= 0.6 is 15.9 Å². The molecule has 1 rings (SSSR count). The third-order valence-electron chi connectivity index (χ3n) is 2.10. The van der Waals surface area contributed by atoms with Crippen molar-refractivity contribution in [2.75, 3.05) is 7.11 Å². The van der Waals surface area contributed by atoms with Crippen LogP contribution in [0.25, 0.3) is 0 Å². The van der Waals surface area contributed by atoms with Crippen molar-refractivity contribution >= 4 is 22.0 Å². The summed E-state index contributed by atoms with van der Waals surface area (Å²) < 4.78 is 6.18. The first-order valence-corrected chi connectivity index (χ1v) is 6.19. The van der Waals surface area contributed by atoms with Crippen LogP contribution in [0.5, 0.6) is 5.75 Å². The Bertz CT molecular complexity index is 394. The van der Waals surface area contributed by atoms with E-state index in [4.69, 9.17) is 4.74 Å². The van der Waals surface area contributed by atoms with Gasteiger partial charge in [-0.1, -0.05) is 15.9 Å². The highest BCUT2D eigenvalue weighted by molar-refractivity contribution is 9.10. The average molecular weight is 301 g/mol. The molecule has 0 heterocycles. The predicted octanol–water partition coefficient (Wildman–Crippen LogP) is 2.67. The SMILES string of the molecule is COc1ccc(Br)cc1CNC(=O)NC(C)C. The monoisotopic (exact) mass is 300 g/mol. The smallest absolute Gasteiger partial charge is 0.315 e. The lowest BCUT2D eigenvalue weighted by Gasteiger charge is -2.12. The first kappa shape index (κ1) is 13.8. The number of ether oxygens (including phenoxy) is 1. The Balaban J connectivity index is 2.62. The molecule has 4 nitrogen and oxygen atoms in total. The van der Waals surface area contributed by atoms with Crippen molar-refractivity contribution in [3.8, 4) is 5.75 Å². The number of halogens is 1. The zero-order chi connectivity index (χ0) is 12.8. The van der Waals surface area contributed by atoms with Crippen molar-refractivity contribution in [3.05, 3.63) is 28.2 Å². The Morgan fingerprint density at radius 3 is 2.76 bits per heavy atom. The molecule has 0 aliphatic carbocycles. The molecule has 0 spiro atoms. The van der Waals surface area contributed by atoms with E-state index in [1.165, 1.54) is 0 Å². The molecule has 2 amide bonds. The van der Waals surface area contributed by atoms with Gasteiger partial charge in [-0.2, -0.15) is 0 Å². The van der Waals surface area contributed by atoms with Gasteiger partial charge in [0.15, 0.2) is 0 Å². The molecule has 2 N–H and O–H groups in total. The van der Waals surface area contributed by atoms with E-state index in [2.05, 4.69) is 26.6 Å². The summed E-state index contributed by atoms with van der Waals surface area (Å²) in [6.07, 6.45) is 0. The maximum absolute atomic E-state index is 11.4. The molecule has 0 radical (unpaired) electrons. The van der Waals surface area contributed by atoms with Crippen LogP contribution in [0, 0.1) is 0 Å². The first-order valence-electron chi connectivity index (χ1n) is 5.39. The summed E-state index contributed by atoms with van der Waals surface area (Å²) in [4.78, 5) is 11.4. The molecule has 1 aromatic rings. The molecule has 0 aliphatic heterocycles. The largest absolute Gasteiger partial charge is 0.496 e. The molecule has 1 aromatic carbocycles. The standard InChI is InChI=1S/C12H17BrN2O2/c1-8(2)15-12(16)14-7-9-6-10(13)4-5-11(9)17-3/h4-6,8H,7H2,1-3H3,(H2,14,15,16). The molecule has 0 saturated carbocycles. The summed E-state index contributed by atoms with van der Waals surface area (Å²) in [6.45, 7) is 4.26.